The molecule has 0 spiro atoms. The summed E-state index contributed by atoms with van der Waals surface area (Å²) in [5.74, 6) is 0.622. The second-order valence-electron chi connectivity index (χ2n) is 16.0. The zero-order valence-corrected chi connectivity index (χ0v) is 33.8. The van der Waals surface area contributed by atoms with Crippen LogP contribution in [0.2, 0.25) is 0 Å². The van der Waals surface area contributed by atoms with Crippen molar-refractivity contribution in [3.63, 3.8) is 0 Å². The molecule has 9 aromatic carbocycles. The number of rotatable bonds is 4. The van der Waals surface area contributed by atoms with E-state index < -0.39 is 0 Å². The van der Waals surface area contributed by atoms with E-state index in [1.54, 1.807) is 11.3 Å². The molecule has 0 saturated carbocycles. The second-order valence-corrected chi connectivity index (χ2v) is 17.1. The van der Waals surface area contributed by atoms with Gasteiger partial charge in [-0.2, -0.15) is 0 Å². The Morgan fingerprint density at radius 2 is 1.11 bits per heavy atom. The minimum absolute atomic E-state index is 0.622. The molecule has 14 aromatic rings. The van der Waals surface area contributed by atoms with Crippen molar-refractivity contribution >= 4 is 108 Å². The van der Waals surface area contributed by atoms with Gasteiger partial charge in [0.15, 0.2) is 0 Å². The Labute approximate surface area is 357 Å². The fourth-order valence-corrected chi connectivity index (χ4v) is 11.0. The predicted octanol–water partition coefficient (Wildman–Crippen LogP) is 15.9. The molecule has 288 valence electrons. The highest BCUT2D eigenvalue weighted by Gasteiger charge is 2.24. The van der Waals surface area contributed by atoms with Crippen LogP contribution in [-0.4, -0.2) is 14.5 Å². The van der Waals surface area contributed by atoms with Crippen molar-refractivity contribution in [3.8, 4) is 39.5 Å². The summed E-state index contributed by atoms with van der Waals surface area (Å²) in [5.41, 5.74) is 12.9. The van der Waals surface area contributed by atoms with Gasteiger partial charge in [0.25, 0.3) is 0 Å². The van der Waals surface area contributed by atoms with Gasteiger partial charge in [0, 0.05) is 42.6 Å². The first kappa shape index (κ1) is 33.7. The second kappa shape index (κ2) is 12.7. The number of thiophene rings is 1. The third-order valence-electron chi connectivity index (χ3n) is 12.6. The molecule has 0 atom stereocenters. The zero-order valence-electron chi connectivity index (χ0n) is 33.0. The van der Waals surface area contributed by atoms with Crippen LogP contribution in [0.1, 0.15) is 0 Å². The van der Waals surface area contributed by atoms with Gasteiger partial charge in [-0.1, -0.05) is 133 Å². The maximum absolute atomic E-state index is 7.12. The Kier molecular flexibility index (Phi) is 6.92. The average molecular weight is 810 g/mol. The van der Waals surface area contributed by atoms with Crippen LogP contribution in [0.4, 0.5) is 0 Å². The van der Waals surface area contributed by atoms with E-state index in [0.717, 1.165) is 120 Å². The molecular weight excluding hydrogens is 779 g/mol. The molecule has 5 heterocycles. The molecule has 5 nitrogen and oxygen atoms in total. The maximum Gasteiger partial charge on any atom is 0.235 e. The summed E-state index contributed by atoms with van der Waals surface area (Å²) in [6.07, 6.45) is 0. The van der Waals surface area contributed by atoms with Gasteiger partial charge in [0.1, 0.15) is 22.3 Å². The summed E-state index contributed by atoms with van der Waals surface area (Å²) >= 11 is 1.75. The lowest BCUT2D eigenvalue weighted by molar-refractivity contribution is 0.669. The summed E-state index contributed by atoms with van der Waals surface area (Å²) in [5, 5.41) is 9.96. The molecule has 0 N–H and O–H groups in total. The molecular formula is C56H31N3O2S. The molecule has 0 saturated heterocycles. The quantitative estimate of drug-likeness (QED) is 0.178. The zero-order chi connectivity index (χ0) is 40.5. The molecule has 5 aromatic heterocycles. The van der Waals surface area contributed by atoms with Gasteiger partial charge in [-0.15, -0.1) is 11.3 Å². The third-order valence-corrected chi connectivity index (χ3v) is 13.8. The summed E-state index contributed by atoms with van der Waals surface area (Å²) in [4.78, 5) is 11.0. The lowest BCUT2D eigenvalue weighted by atomic mass is 9.94. The lowest BCUT2D eigenvalue weighted by Gasteiger charge is -2.11. The molecule has 0 fully saturated rings. The third kappa shape index (κ3) is 4.78. The highest BCUT2D eigenvalue weighted by molar-refractivity contribution is 7.26. The van der Waals surface area contributed by atoms with E-state index in [-0.39, 0.29) is 0 Å². The Hall–Kier alpha value is -8.06. The number of benzene rings is 9. The summed E-state index contributed by atoms with van der Waals surface area (Å²) in [7, 11) is 0. The van der Waals surface area contributed by atoms with E-state index in [0.29, 0.717) is 5.95 Å². The van der Waals surface area contributed by atoms with E-state index in [4.69, 9.17) is 18.8 Å². The number of fused-ring (bicyclic) bond motifs is 15. The molecule has 0 aliphatic heterocycles. The Morgan fingerprint density at radius 3 is 2.02 bits per heavy atom. The summed E-state index contributed by atoms with van der Waals surface area (Å²) in [6, 6.07) is 66.4. The number of nitrogens with zero attached hydrogens (tertiary/aromatic N) is 3. The van der Waals surface area contributed by atoms with Crippen LogP contribution in [-0.2, 0) is 0 Å². The fourth-order valence-electron chi connectivity index (χ4n) is 9.85. The van der Waals surface area contributed by atoms with E-state index in [1.165, 1.54) is 10.3 Å². The van der Waals surface area contributed by atoms with Crippen molar-refractivity contribution in [1.82, 2.24) is 14.5 Å². The molecule has 0 radical (unpaired) electrons. The van der Waals surface area contributed by atoms with Crippen LogP contribution >= 0.6 is 11.3 Å². The Balaban J connectivity index is 1.03. The molecule has 0 amide bonds. The SMILES string of the molecule is c1ccc(-c2cccc(-c3nc(-n4c5ccccc5c5c6oc7cc(-c8ccc9c(c8)oc8ccccc89)c8ccccc8c7c6ccc54)nc4c3sc3ccccc34)c2)cc1. The van der Waals surface area contributed by atoms with Crippen LogP contribution in [0.25, 0.3) is 136 Å². The predicted molar refractivity (Wildman–Crippen MR) is 258 cm³/mol. The molecule has 0 aliphatic carbocycles. The van der Waals surface area contributed by atoms with Gasteiger partial charge >= 0.3 is 0 Å². The number of aromatic nitrogens is 3. The largest absolute Gasteiger partial charge is 0.456 e. The van der Waals surface area contributed by atoms with Crippen molar-refractivity contribution in [2.45, 2.75) is 0 Å². The summed E-state index contributed by atoms with van der Waals surface area (Å²) in [6.45, 7) is 0. The molecule has 14 rings (SSSR count). The van der Waals surface area contributed by atoms with Crippen LogP contribution in [0.5, 0.6) is 0 Å². The number of para-hydroxylation sites is 2. The molecule has 62 heavy (non-hydrogen) atoms. The highest BCUT2D eigenvalue weighted by Crippen LogP contribution is 2.46. The van der Waals surface area contributed by atoms with Crippen molar-refractivity contribution in [3.05, 3.63) is 188 Å². The van der Waals surface area contributed by atoms with Gasteiger partial charge in [-0.05, 0) is 87.6 Å². The van der Waals surface area contributed by atoms with Gasteiger partial charge in [0.2, 0.25) is 5.95 Å². The highest BCUT2D eigenvalue weighted by atomic mass is 32.1. The van der Waals surface area contributed by atoms with Crippen LogP contribution in [0, 0.1) is 0 Å². The first-order chi connectivity index (χ1) is 30.7. The normalized spacial score (nSPS) is 12.2. The topological polar surface area (TPSA) is 57.0 Å². The van der Waals surface area contributed by atoms with Crippen molar-refractivity contribution in [1.29, 1.82) is 0 Å². The van der Waals surface area contributed by atoms with Crippen LogP contribution in [0.3, 0.4) is 0 Å². The minimum Gasteiger partial charge on any atom is -0.456 e. The molecule has 6 heteroatoms. The smallest absolute Gasteiger partial charge is 0.235 e. The van der Waals surface area contributed by atoms with Crippen molar-refractivity contribution in [2.75, 3.05) is 0 Å². The monoisotopic (exact) mass is 809 g/mol. The average Bonchev–Trinajstić information content (AvgIpc) is 4.10. The van der Waals surface area contributed by atoms with E-state index in [2.05, 4.69) is 180 Å². The van der Waals surface area contributed by atoms with Gasteiger partial charge in [-0.3, -0.25) is 4.57 Å². The number of furan rings is 2. The Bertz CT molecular complexity index is 4170. The van der Waals surface area contributed by atoms with Gasteiger partial charge in [0.05, 0.1) is 32.3 Å². The van der Waals surface area contributed by atoms with Gasteiger partial charge < -0.3 is 8.83 Å². The van der Waals surface area contributed by atoms with E-state index in [1.807, 2.05) is 12.1 Å². The number of hydrogen-bond acceptors (Lipinski definition) is 5. The first-order valence-electron chi connectivity index (χ1n) is 20.8. The van der Waals surface area contributed by atoms with E-state index in [9.17, 15) is 0 Å². The van der Waals surface area contributed by atoms with Gasteiger partial charge in [-0.25, -0.2) is 9.97 Å². The molecule has 0 unspecified atom stereocenters. The fraction of sp³-hybridized carbons (Fsp3) is 0. The Morgan fingerprint density at radius 1 is 0.403 bits per heavy atom. The van der Waals surface area contributed by atoms with Crippen molar-refractivity contribution < 1.29 is 8.83 Å². The molecule has 0 aliphatic rings. The van der Waals surface area contributed by atoms with Crippen LogP contribution < -0.4 is 0 Å². The first-order valence-corrected chi connectivity index (χ1v) is 21.6. The summed E-state index contributed by atoms with van der Waals surface area (Å²) < 4.78 is 17.9. The standard InChI is InChI=1S/C56H31N3O2S/c1-2-13-32(14-3-1)33-15-12-16-35(29-33)52-55-53(41-21-8-11-24-49(41)62-55)58-56(57-52)59-44-22-9-6-20-40(44)51-45(59)28-27-42-50-39-19-5-4-17-36(39)43(31-48(50)61-54(42)51)34-25-26-38-37-18-7-10-23-46(37)60-47(38)30-34/h1-31H. The lowest BCUT2D eigenvalue weighted by Crippen LogP contribution is -2.02. The molecule has 0 bridgehead atoms. The minimum atomic E-state index is 0.622. The van der Waals surface area contributed by atoms with Crippen molar-refractivity contribution in [2.24, 2.45) is 0 Å². The van der Waals surface area contributed by atoms with Crippen LogP contribution in [0.15, 0.2) is 197 Å². The van der Waals surface area contributed by atoms with E-state index >= 15 is 0 Å². The number of hydrogen-bond donors (Lipinski definition) is 0. The maximum atomic E-state index is 7.12.